The molecule has 0 unspecified atom stereocenters. The van der Waals surface area contributed by atoms with Gasteiger partial charge in [-0.1, -0.05) is 12.1 Å². The highest BCUT2D eigenvalue weighted by atomic mass is 16.5. The van der Waals surface area contributed by atoms with Gasteiger partial charge in [0.25, 0.3) is 0 Å². The molecule has 26 heavy (non-hydrogen) atoms. The molecule has 0 saturated heterocycles. The molecule has 0 saturated carbocycles. The van der Waals surface area contributed by atoms with Crippen LogP contribution in [0.15, 0.2) is 30.5 Å². The number of para-hydroxylation sites is 1. The van der Waals surface area contributed by atoms with E-state index in [9.17, 15) is 4.79 Å². The number of ether oxygens (including phenoxy) is 1. The minimum absolute atomic E-state index is 0.341. The average Bonchev–Trinajstić information content (AvgIpc) is 3.05. The van der Waals surface area contributed by atoms with E-state index in [0.29, 0.717) is 17.2 Å². The van der Waals surface area contributed by atoms with Crippen molar-refractivity contribution in [2.75, 3.05) is 37.2 Å². The summed E-state index contributed by atoms with van der Waals surface area (Å²) >= 11 is 0. The smallest absolute Gasteiger partial charge is 0.319 e. The van der Waals surface area contributed by atoms with Crippen LogP contribution in [0.5, 0.6) is 5.75 Å². The Kier molecular flexibility index (Phi) is 4.78. The first-order valence-corrected chi connectivity index (χ1v) is 8.03. The average molecular weight is 355 g/mol. The molecule has 1 aromatic carbocycles. The van der Waals surface area contributed by atoms with Crippen LogP contribution in [0.2, 0.25) is 0 Å². The van der Waals surface area contributed by atoms with Crippen LogP contribution in [-0.4, -0.2) is 41.8 Å². The van der Waals surface area contributed by atoms with E-state index in [1.54, 1.807) is 31.9 Å². The van der Waals surface area contributed by atoms with Gasteiger partial charge in [0.1, 0.15) is 23.1 Å². The molecule has 3 aromatic rings. The second-order valence-corrected chi connectivity index (χ2v) is 5.55. The second kappa shape index (κ2) is 7.18. The van der Waals surface area contributed by atoms with Crippen molar-refractivity contribution in [2.45, 2.75) is 6.92 Å². The first-order valence-electron chi connectivity index (χ1n) is 8.03. The number of carbonyl (C=O) groups is 1. The Hall–Kier alpha value is -3.49. The van der Waals surface area contributed by atoms with Gasteiger partial charge in [-0.15, -0.1) is 0 Å². The summed E-state index contributed by atoms with van der Waals surface area (Å²) in [6.07, 6.45) is 1.55. The molecule has 9 nitrogen and oxygen atoms in total. The molecular weight excluding hydrogens is 334 g/mol. The van der Waals surface area contributed by atoms with Gasteiger partial charge in [-0.2, -0.15) is 9.61 Å². The zero-order valence-electron chi connectivity index (χ0n) is 15.0. The summed E-state index contributed by atoms with van der Waals surface area (Å²) in [5, 5.41) is 15.9. The topological polar surface area (TPSA) is 105 Å². The number of hydrogen-bond donors (Lipinski definition) is 4. The summed E-state index contributed by atoms with van der Waals surface area (Å²) < 4.78 is 7.05. The normalized spacial score (nSPS) is 10.5. The maximum Gasteiger partial charge on any atom is 0.319 e. The zero-order chi connectivity index (χ0) is 18.7. The van der Waals surface area contributed by atoms with E-state index in [-0.39, 0.29) is 6.03 Å². The van der Waals surface area contributed by atoms with Gasteiger partial charge in [0.05, 0.1) is 19.0 Å². The van der Waals surface area contributed by atoms with Crippen LogP contribution < -0.4 is 26.0 Å². The fourth-order valence-electron chi connectivity index (χ4n) is 2.58. The van der Waals surface area contributed by atoms with Crippen molar-refractivity contribution >= 4 is 34.7 Å². The molecule has 3 rings (SSSR count). The van der Waals surface area contributed by atoms with Crippen LogP contribution in [0.4, 0.5) is 27.8 Å². The third-order valence-corrected chi connectivity index (χ3v) is 3.91. The van der Waals surface area contributed by atoms with E-state index in [4.69, 9.17) is 4.74 Å². The molecule has 2 aromatic heterocycles. The Labute approximate surface area is 150 Å². The van der Waals surface area contributed by atoms with Crippen molar-refractivity contribution < 1.29 is 9.53 Å². The van der Waals surface area contributed by atoms with E-state index in [0.717, 1.165) is 22.8 Å². The zero-order valence-corrected chi connectivity index (χ0v) is 15.0. The van der Waals surface area contributed by atoms with Gasteiger partial charge in [-0.25, -0.2) is 9.78 Å². The number of benzene rings is 1. The predicted octanol–water partition coefficient (Wildman–Crippen LogP) is 2.58. The van der Waals surface area contributed by atoms with Gasteiger partial charge >= 0.3 is 6.03 Å². The van der Waals surface area contributed by atoms with Crippen molar-refractivity contribution in [1.82, 2.24) is 19.9 Å². The molecule has 0 aliphatic rings. The van der Waals surface area contributed by atoms with Crippen molar-refractivity contribution in [1.29, 1.82) is 0 Å². The molecule has 0 aliphatic heterocycles. The number of amides is 2. The van der Waals surface area contributed by atoms with Crippen LogP contribution in [0, 0.1) is 6.92 Å². The molecule has 0 fully saturated rings. The highest BCUT2D eigenvalue weighted by Gasteiger charge is 2.14. The highest BCUT2D eigenvalue weighted by Crippen LogP contribution is 2.31. The largest absolute Gasteiger partial charge is 0.495 e. The van der Waals surface area contributed by atoms with Crippen LogP contribution in [0.3, 0.4) is 0 Å². The number of nitrogens with one attached hydrogen (secondary N) is 4. The van der Waals surface area contributed by atoms with Crippen molar-refractivity contribution in [3.05, 3.63) is 36.0 Å². The second-order valence-electron chi connectivity index (χ2n) is 5.55. The van der Waals surface area contributed by atoms with Crippen LogP contribution in [0.25, 0.3) is 5.65 Å². The molecule has 9 heteroatoms. The molecule has 2 heterocycles. The fourth-order valence-corrected chi connectivity index (χ4v) is 2.58. The lowest BCUT2D eigenvalue weighted by Gasteiger charge is -2.14. The Morgan fingerprint density at radius 2 is 2.08 bits per heavy atom. The van der Waals surface area contributed by atoms with Crippen molar-refractivity contribution in [3.8, 4) is 5.75 Å². The minimum atomic E-state index is -0.341. The van der Waals surface area contributed by atoms with E-state index in [1.807, 2.05) is 31.2 Å². The quantitative estimate of drug-likeness (QED) is 0.561. The molecule has 0 radical (unpaired) electrons. The van der Waals surface area contributed by atoms with E-state index >= 15 is 0 Å². The summed E-state index contributed by atoms with van der Waals surface area (Å²) in [7, 11) is 4.96. The third kappa shape index (κ3) is 3.18. The number of anilines is 4. The molecule has 136 valence electrons. The summed E-state index contributed by atoms with van der Waals surface area (Å²) in [5.41, 5.74) is 2.86. The number of nitrogens with zero attached hydrogens (tertiary/aromatic N) is 3. The molecule has 0 bridgehead atoms. The summed E-state index contributed by atoms with van der Waals surface area (Å²) in [6.45, 7) is 1.99. The molecule has 2 amide bonds. The molecular formula is C17H21N7O2. The van der Waals surface area contributed by atoms with E-state index in [2.05, 4.69) is 31.3 Å². The Balaban J connectivity index is 2.07. The summed E-state index contributed by atoms with van der Waals surface area (Å²) in [4.78, 5) is 16.2. The van der Waals surface area contributed by atoms with Gasteiger partial charge < -0.3 is 26.0 Å². The predicted molar refractivity (Wildman–Crippen MR) is 102 cm³/mol. The highest BCUT2D eigenvalue weighted by molar-refractivity contribution is 5.93. The monoisotopic (exact) mass is 355 g/mol. The van der Waals surface area contributed by atoms with E-state index in [1.165, 1.54) is 0 Å². The molecule has 0 aliphatic carbocycles. The maximum atomic E-state index is 11.6. The number of carbonyl (C=O) groups excluding carboxylic acids is 1. The number of urea groups is 1. The molecule has 4 N–H and O–H groups in total. The van der Waals surface area contributed by atoms with Gasteiger partial charge in [-0.3, -0.25) is 0 Å². The van der Waals surface area contributed by atoms with Crippen LogP contribution in [-0.2, 0) is 0 Å². The van der Waals surface area contributed by atoms with E-state index < -0.39 is 0 Å². The minimum Gasteiger partial charge on any atom is -0.495 e. The van der Waals surface area contributed by atoms with Crippen molar-refractivity contribution in [3.63, 3.8) is 0 Å². The summed E-state index contributed by atoms with van der Waals surface area (Å²) in [5.74, 6) is 2.03. The number of hydrogen-bond acceptors (Lipinski definition) is 6. The summed E-state index contributed by atoms with van der Waals surface area (Å²) in [6, 6.07) is 7.28. The standard InChI is InChI=1S/C17H21N7O2/c1-10-6-5-7-12(26-4)15(10)22-13-8-14(18-2)24-16(23-13)11(9-20-24)21-17(25)19-3/h5-9,18H,1-4H3,(H,22,23)(H2,19,21,25). The fraction of sp³-hybridized carbons (Fsp3) is 0.235. The Bertz CT molecular complexity index is 952. The Morgan fingerprint density at radius 3 is 2.77 bits per heavy atom. The van der Waals surface area contributed by atoms with Gasteiger partial charge in [0, 0.05) is 20.2 Å². The first kappa shape index (κ1) is 17.3. The third-order valence-electron chi connectivity index (χ3n) is 3.91. The number of methoxy groups -OCH3 is 1. The van der Waals surface area contributed by atoms with Gasteiger partial charge in [0.2, 0.25) is 0 Å². The van der Waals surface area contributed by atoms with Crippen molar-refractivity contribution in [2.24, 2.45) is 0 Å². The number of aryl methyl sites for hydroxylation is 1. The lowest BCUT2D eigenvalue weighted by atomic mass is 10.2. The number of aromatic nitrogens is 3. The number of fused-ring (bicyclic) bond motifs is 1. The SMILES string of the molecule is CNC(=O)Nc1cnn2c(NC)cc(Nc3c(C)cccc3OC)nc12. The van der Waals surface area contributed by atoms with Gasteiger partial charge in [-0.05, 0) is 18.6 Å². The number of rotatable bonds is 5. The first-order chi connectivity index (χ1) is 12.6. The molecule has 0 spiro atoms. The molecule has 0 atom stereocenters. The lowest BCUT2D eigenvalue weighted by molar-refractivity contribution is 0.254. The maximum absolute atomic E-state index is 11.6. The lowest BCUT2D eigenvalue weighted by Crippen LogP contribution is -2.24. The van der Waals surface area contributed by atoms with Gasteiger partial charge in [0.15, 0.2) is 5.65 Å². The van der Waals surface area contributed by atoms with Crippen LogP contribution in [0.1, 0.15) is 5.56 Å². The Morgan fingerprint density at radius 1 is 1.27 bits per heavy atom. The van der Waals surface area contributed by atoms with Crippen LogP contribution >= 0.6 is 0 Å².